The van der Waals surface area contributed by atoms with Gasteiger partial charge in [0.05, 0.1) is 18.1 Å². The molecule has 0 aliphatic rings. The van der Waals surface area contributed by atoms with E-state index in [1.54, 1.807) is 36.4 Å². The molecule has 5 heteroatoms. The Balaban J connectivity index is 2.26. The average Bonchev–Trinajstić information content (AvgIpc) is 2.92. The molecule has 2 aromatic carbocycles. The summed E-state index contributed by atoms with van der Waals surface area (Å²) < 4.78 is 47.2. The molecule has 4 rings (SSSR count). The van der Waals surface area contributed by atoms with Gasteiger partial charge in [-0.1, -0.05) is 18.2 Å². The molecule has 0 N–H and O–H groups in total. The number of pyridine rings is 1. The number of aromatic nitrogens is 1. The highest BCUT2D eigenvalue weighted by Gasteiger charge is 2.34. The van der Waals surface area contributed by atoms with Crippen LogP contribution >= 0.6 is 0 Å². The Morgan fingerprint density at radius 3 is 2.39 bits per heavy atom. The molecule has 0 aliphatic carbocycles. The van der Waals surface area contributed by atoms with Crippen LogP contribution in [-0.4, -0.2) is 11.5 Å². The fraction of sp³-hybridized carbons (Fsp3) is 0.111. The molecule has 0 spiro atoms. The monoisotopic (exact) mass is 315 g/mol. The average molecular weight is 315 g/mol. The lowest BCUT2D eigenvalue weighted by molar-refractivity contribution is -0.141. The summed E-state index contributed by atoms with van der Waals surface area (Å²) in [5.41, 5.74) is 0.403. The zero-order valence-electron chi connectivity index (χ0n) is 12.2. The molecule has 4 aromatic rings. The molecular weight excluding hydrogens is 303 g/mol. The predicted octanol–water partition coefficient (Wildman–Crippen LogP) is 5.27. The van der Waals surface area contributed by atoms with Gasteiger partial charge in [-0.3, -0.25) is 0 Å². The standard InChI is InChI=1S/C18H12F3NO/c1-23-13-6-7-14-12(8-13)10-17(18(19,20)21)22-15-5-3-2-4-11(15)9-16(14)22/h2-10H,1H3. The molecule has 0 atom stereocenters. The van der Waals surface area contributed by atoms with Crippen molar-refractivity contribution in [2.24, 2.45) is 0 Å². The van der Waals surface area contributed by atoms with Gasteiger partial charge in [-0.2, -0.15) is 13.2 Å². The Morgan fingerprint density at radius 2 is 1.65 bits per heavy atom. The van der Waals surface area contributed by atoms with Gasteiger partial charge in [0, 0.05) is 10.8 Å². The minimum atomic E-state index is -4.45. The van der Waals surface area contributed by atoms with E-state index in [1.165, 1.54) is 17.6 Å². The van der Waals surface area contributed by atoms with Gasteiger partial charge in [0.25, 0.3) is 0 Å². The summed E-state index contributed by atoms with van der Waals surface area (Å²) >= 11 is 0. The summed E-state index contributed by atoms with van der Waals surface area (Å²) in [6, 6.07) is 15.2. The van der Waals surface area contributed by atoms with Crippen molar-refractivity contribution in [3.63, 3.8) is 0 Å². The highest BCUT2D eigenvalue weighted by atomic mass is 19.4. The number of benzene rings is 2. The summed E-state index contributed by atoms with van der Waals surface area (Å²) in [6.07, 6.45) is -4.45. The molecular formula is C18H12F3NO. The van der Waals surface area contributed by atoms with Crippen LogP contribution < -0.4 is 4.74 Å². The second kappa shape index (κ2) is 4.65. The maximum Gasteiger partial charge on any atom is 0.431 e. The Hall–Kier alpha value is -2.69. The number of rotatable bonds is 1. The fourth-order valence-electron chi connectivity index (χ4n) is 3.05. The third kappa shape index (κ3) is 2.04. The van der Waals surface area contributed by atoms with E-state index in [0.29, 0.717) is 22.2 Å². The molecule has 116 valence electrons. The van der Waals surface area contributed by atoms with Crippen LogP contribution in [0.3, 0.4) is 0 Å². The summed E-state index contributed by atoms with van der Waals surface area (Å²) in [5.74, 6) is 0.533. The first-order valence-corrected chi connectivity index (χ1v) is 7.07. The molecule has 0 amide bonds. The minimum Gasteiger partial charge on any atom is -0.497 e. The van der Waals surface area contributed by atoms with Gasteiger partial charge in [-0.05, 0) is 41.8 Å². The molecule has 0 unspecified atom stereocenters. The maximum atomic E-state index is 13.6. The summed E-state index contributed by atoms with van der Waals surface area (Å²) in [5, 5.41) is 2.04. The first-order chi connectivity index (χ1) is 11.0. The van der Waals surface area contributed by atoms with E-state index in [-0.39, 0.29) is 0 Å². The molecule has 0 saturated heterocycles. The third-order valence-electron chi connectivity index (χ3n) is 4.07. The van der Waals surface area contributed by atoms with E-state index in [9.17, 15) is 13.2 Å². The van der Waals surface area contributed by atoms with Crippen LogP contribution in [0.2, 0.25) is 0 Å². The molecule has 0 saturated carbocycles. The van der Waals surface area contributed by atoms with E-state index >= 15 is 0 Å². The number of ether oxygens (including phenoxy) is 1. The second-order valence-electron chi connectivity index (χ2n) is 5.40. The number of hydrogen-bond donors (Lipinski definition) is 0. The van der Waals surface area contributed by atoms with Gasteiger partial charge in [0.15, 0.2) is 0 Å². The predicted molar refractivity (Wildman–Crippen MR) is 84.0 cm³/mol. The van der Waals surface area contributed by atoms with E-state index in [4.69, 9.17) is 4.74 Å². The number of methoxy groups -OCH3 is 1. The van der Waals surface area contributed by atoms with Gasteiger partial charge in [0.1, 0.15) is 11.4 Å². The number of alkyl halides is 3. The molecule has 2 nitrogen and oxygen atoms in total. The largest absolute Gasteiger partial charge is 0.497 e. The van der Waals surface area contributed by atoms with E-state index in [2.05, 4.69) is 0 Å². The highest BCUT2D eigenvalue weighted by molar-refractivity contribution is 6.03. The molecule has 0 radical (unpaired) electrons. The van der Waals surface area contributed by atoms with E-state index in [0.717, 1.165) is 10.8 Å². The number of nitrogens with zero attached hydrogens (tertiary/aromatic N) is 1. The lowest BCUT2D eigenvalue weighted by Gasteiger charge is -2.14. The second-order valence-corrected chi connectivity index (χ2v) is 5.40. The first kappa shape index (κ1) is 13.9. The Labute approximate surface area is 129 Å². The SMILES string of the molecule is COc1ccc2c(c1)cc(C(F)(F)F)n1c3ccccc3cc21. The fourth-order valence-corrected chi connectivity index (χ4v) is 3.05. The number of para-hydroxylation sites is 1. The summed E-state index contributed by atoms with van der Waals surface area (Å²) in [7, 11) is 1.50. The topological polar surface area (TPSA) is 13.6 Å². The van der Waals surface area contributed by atoms with Gasteiger partial charge in [-0.25, -0.2) is 0 Å². The van der Waals surface area contributed by atoms with Crippen molar-refractivity contribution in [2.75, 3.05) is 7.11 Å². The van der Waals surface area contributed by atoms with Gasteiger partial charge < -0.3 is 9.14 Å². The van der Waals surface area contributed by atoms with E-state index < -0.39 is 11.9 Å². The molecule has 0 aliphatic heterocycles. The Kier molecular flexibility index (Phi) is 2.82. The summed E-state index contributed by atoms with van der Waals surface area (Å²) in [4.78, 5) is 0. The van der Waals surface area contributed by atoms with Crippen LogP contribution in [0.5, 0.6) is 5.75 Å². The quantitative estimate of drug-likeness (QED) is 0.466. The Bertz CT molecular complexity index is 1050. The lowest BCUT2D eigenvalue weighted by Crippen LogP contribution is -2.11. The molecule has 23 heavy (non-hydrogen) atoms. The molecule has 2 aromatic heterocycles. The van der Waals surface area contributed by atoms with Gasteiger partial charge in [-0.15, -0.1) is 0 Å². The zero-order chi connectivity index (χ0) is 16.2. The third-order valence-corrected chi connectivity index (χ3v) is 4.07. The van der Waals surface area contributed by atoms with Gasteiger partial charge in [0.2, 0.25) is 0 Å². The van der Waals surface area contributed by atoms with Crippen LogP contribution in [0.1, 0.15) is 5.69 Å². The van der Waals surface area contributed by atoms with Crippen LogP contribution in [0.25, 0.3) is 27.2 Å². The maximum absolute atomic E-state index is 13.6. The number of fused-ring (bicyclic) bond motifs is 5. The summed E-state index contributed by atoms with van der Waals surface area (Å²) in [6.45, 7) is 0. The number of halogens is 3. The van der Waals surface area contributed by atoms with Crippen molar-refractivity contribution < 1.29 is 17.9 Å². The highest BCUT2D eigenvalue weighted by Crippen LogP contribution is 2.37. The number of hydrogen-bond acceptors (Lipinski definition) is 1. The first-order valence-electron chi connectivity index (χ1n) is 7.07. The minimum absolute atomic E-state index is 0.506. The lowest BCUT2D eigenvalue weighted by atomic mass is 10.1. The molecule has 0 bridgehead atoms. The normalized spacial score (nSPS) is 12.3. The Morgan fingerprint density at radius 1 is 0.870 bits per heavy atom. The van der Waals surface area contributed by atoms with Crippen molar-refractivity contribution in [1.29, 1.82) is 0 Å². The van der Waals surface area contributed by atoms with Crippen molar-refractivity contribution in [3.8, 4) is 5.75 Å². The van der Waals surface area contributed by atoms with Crippen LogP contribution in [0.15, 0.2) is 54.6 Å². The van der Waals surface area contributed by atoms with Crippen LogP contribution in [0, 0.1) is 0 Å². The van der Waals surface area contributed by atoms with Gasteiger partial charge >= 0.3 is 6.18 Å². The zero-order valence-corrected chi connectivity index (χ0v) is 12.2. The molecule has 0 fully saturated rings. The van der Waals surface area contributed by atoms with Crippen LogP contribution in [0.4, 0.5) is 13.2 Å². The smallest absolute Gasteiger partial charge is 0.431 e. The van der Waals surface area contributed by atoms with Crippen molar-refractivity contribution in [1.82, 2.24) is 4.40 Å². The van der Waals surface area contributed by atoms with Crippen molar-refractivity contribution in [3.05, 3.63) is 60.3 Å². The van der Waals surface area contributed by atoms with Crippen molar-refractivity contribution >= 4 is 27.2 Å². The van der Waals surface area contributed by atoms with E-state index in [1.807, 2.05) is 12.1 Å². The molecule has 2 heterocycles. The van der Waals surface area contributed by atoms with Crippen molar-refractivity contribution in [2.45, 2.75) is 6.18 Å². The van der Waals surface area contributed by atoms with Crippen LogP contribution in [-0.2, 0) is 6.18 Å².